The van der Waals surface area contributed by atoms with E-state index in [2.05, 4.69) is 20.3 Å². The van der Waals surface area contributed by atoms with Gasteiger partial charge in [-0.05, 0) is 43.9 Å². The van der Waals surface area contributed by atoms with Crippen molar-refractivity contribution < 1.29 is 17.9 Å². The first kappa shape index (κ1) is 18.5. The molecule has 0 bridgehead atoms. The second-order valence-corrected chi connectivity index (χ2v) is 6.85. The minimum absolute atomic E-state index is 0.0742. The number of rotatable bonds is 4. The summed E-state index contributed by atoms with van der Waals surface area (Å²) < 4.78 is 45.7. The van der Waals surface area contributed by atoms with Gasteiger partial charge in [0.1, 0.15) is 5.82 Å². The van der Waals surface area contributed by atoms with Crippen LogP contribution in [0.5, 0.6) is 5.88 Å². The molecule has 0 radical (unpaired) electrons. The maximum atomic E-state index is 13.0. The molecule has 4 heterocycles. The summed E-state index contributed by atoms with van der Waals surface area (Å²) in [4.78, 5) is 6.20. The molecule has 3 aromatic rings. The van der Waals surface area contributed by atoms with Gasteiger partial charge in [-0.15, -0.1) is 15.3 Å². The van der Waals surface area contributed by atoms with Gasteiger partial charge in [0.25, 0.3) is 5.82 Å². The van der Waals surface area contributed by atoms with Crippen LogP contribution in [0.25, 0.3) is 5.65 Å². The fourth-order valence-corrected chi connectivity index (χ4v) is 3.27. The number of aryl methyl sites for hydroxylation is 1. The molecule has 0 spiro atoms. The predicted octanol–water partition coefficient (Wildman–Crippen LogP) is 3.14. The molecule has 148 valence electrons. The highest BCUT2D eigenvalue weighted by Gasteiger charge is 2.37. The number of alkyl halides is 3. The summed E-state index contributed by atoms with van der Waals surface area (Å²) in [6, 6.07) is 7.00. The third kappa shape index (κ3) is 3.71. The van der Waals surface area contributed by atoms with E-state index in [-0.39, 0.29) is 5.65 Å². The summed E-state index contributed by atoms with van der Waals surface area (Å²) in [6.45, 7) is 3.91. The van der Waals surface area contributed by atoms with Crippen molar-refractivity contribution in [1.82, 2.24) is 24.8 Å². The van der Waals surface area contributed by atoms with E-state index in [0.29, 0.717) is 37.3 Å². The molecule has 0 unspecified atom stereocenters. The lowest BCUT2D eigenvalue weighted by atomic mass is 9.98. The van der Waals surface area contributed by atoms with Crippen LogP contribution in [0, 0.1) is 12.8 Å². The van der Waals surface area contributed by atoms with Crippen LogP contribution in [0.15, 0.2) is 30.5 Å². The summed E-state index contributed by atoms with van der Waals surface area (Å²) in [7, 11) is 0. The number of pyridine rings is 1. The molecule has 7 nitrogen and oxygen atoms in total. The lowest BCUT2D eigenvalue weighted by Crippen LogP contribution is -2.36. The number of hydrogen-bond donors (Lipinski definition) is 0. The summed E-state index contributed by atoms with van der Waals surface area (Å²) in [5.74, 6) is 0.377. The highest BCUT2D eigenvalue weighted by atomic mass is 19.4. The number of aromatic nitrogens is 5. The Kier molecular flexibility index (Phi) is 4.78. The first-order valence-electron chi connectivity index (χ1n) is 9.01. The smallest absolute Gasteiger partial charge is 0.453 e. The van der Waals surface area contributed by atoms with Gasteiger partial charge in [-0.2, -0.15) is 17.7 Å². The van der Waals surface area contributed by atoms with E-state index in [0.717, 1.165) is 22.9 Å². The van der Waals surface area contributed by atoms with E-state index in [1.807, 2.05) is 24.0 Å². The third-order valence-electron chi connectivity index (χ3n) is 4.86. The normalized spacial score (nSPS) is 15.9. The quantitative estimate of drug-likeness (QED) is 0.680. The van der Waals surface area contributed by atoms with Gasteiger partial charge in [0.15, 0.2) is 5.65 Å². The standard InChI is InChI=1S/C18H19F3N6O/c1-12-3-2-8-22-16(12)28-11-13-6-9-26(10-7-13)15-5-4-14-23-24-17(18(19,20)21)27(14)25-15/h2-5,8,13H,6-7,9-11H2,1H3. The van der Waals surface area contributed by atoms with Gasteiger partial charge in [-0.1, -0.05) is 6.07 Å². The molecule has 28 heavy (non-hydrogen) atoms. The fourth-order valence-electron chi connectivity index (χ4n) is 3.27. The van der Waals surface area contributed by atoms with Crippen molar-refractivity contribution in [1.29, 1.82) is 0 Å². The Balaban J connectivity index is 1.40. The number of fused-ring (bicyclic) bond motifs is 1. The molecule has 0 N–H and O–H groups in total. The number of nitrogens with zero attached hydrogens (tertiary/aromatic N) is 6. The molecule has 0 aliphatic carbocycles. The van der Waals surface area contributed by atoms with Crippen LogP contribution in [0.3, 0.4) is 0 Å². The molecule has 1 saturated heterocycles. The van der Waals surface area contributed by atoms with Gasteiger partial charge in [0.05, 0.1) is 6.61 Å². The summed E-state index contributed by atoms with van der Waals surface area (Å²) in [5, 5.41) is 10.9. The maximum Gasteiger partial charge on any atom is 0.453 e. The Hall–Kier alpha value is -2.91. The van der Waals surface area contributed by atoms with Gasteiger partial charge < -0.3 is 9.64 Å². The van der Waals surface area contributed by atoms with E-state index in [4.69, 9.17) is 4.74 Å². The number of piperidine rings is 1. The molecule has 4 rings (SSSR count). The Labute approximate surface area is 159 Å². The zero-order valence-corrected chi connectivity index (χ0v) is 15.2. The van der Waals surface area contributed by atoms with Crippen LogP contribution >= 0.6 is 0 Å². The summed E-state index contributed by atoms with van der Waals surface area (Å²) in [5.41, 5.74) is 1.07. The molecule has 10 heteroatoms. The van der Waals surface area contributed by atoms with Crippen LogP contribution < -0.4 is 9.64 Å². The van der Waals surface area contributed by atoms with E-state index in [9.17, 15) is 13.2 Å². The van der Waals surface area contributed by atoms with Crippen molar-refractivity contribution in [2.45, 2.75) is 25.9 Å². The fraction of sp³-hybridized carbons (Fsp3) is 0.444. The molecule has 0 aromatic carbocycles. The van der Waals surface area contributed by atoms with Crippen LogP contribution in [0.2, 0.25) is 0 Å². The SMILES string of the molecule is Cc1cccnc1OCC1CCN(c2ccc3nnc(C(F)(F)F)n3n2)CC1. The Morgan fingerprint density at radius 3 is 2.64 bits per heavy atom. The molecule has 1 fully saturated rings. The van der Waals surface area contributed by atoms with Crippen molar-refractivity contribution in [3.8, 4) is 5.88 Å². The third-order valence-corrected chi connectivity index (χ3v) is 4.86. The lowest BCUT2D eigenvalue weighted by molar-refractivity contribution is -0.146. The van der Waals surface area contributed by atoms with Gasteiger partial charge in [0, 0.05) is 24.8 Å². The molecule has 1 aliphatic heterocycles. The van der Waals surface area contributed by atoms with Crippen LogP contribution in [0.4, 0.5) is 19.0 Å². The van der Waals surface area contributed by atoms with Gasteiger partial charge >= 0.3 is 6.18 Å². The van der Waals surface area contributed by atoms with Crippen LogP contribution in [-0.4, -0.2) is 44.5 Å². The van der Waals surface area contributed by atoms with E-state index < -0.39 is 12.0 Å². The highest BCUT2D eigenvalue weighted by Crippen LogP contribution is 2.29. The number of anilines is 1. The van der Waals surface area contributed by atoms with Crippen molar-refractivity contribution in [2.75, 3.05) is 24.6 Å². The zero-order chi connectivity index (χ0) is 19.7. The van der Waals surface area contributed by atoms with Gasteiger partial charge in [-0.25, -0.2) is 4.98 Å². The van der Waals surface area contributed by atoms with E-state index in [1.165, 1.54) is 6.07 Å². The molecule has 0 amide bonds. The Morgan fingerprint density at radius 2 is 1.93 bits per heavy atom. The molecular weight excluding hydrogens is 373 g/mol. The molecule has 0 saturated carbocycles. The number of hydrogen-bond acceptors (Lipinski definition) is 6. The second kappa shape index (κ2) is 7.25. The topological polar surface area (TPSA) is 68.4 Å². The van der Waals surface area contributed by atoms with E-state index >= 15 is 0 Å². The van der Waals surface area contributed by atoms with Crippen LogP contribution in [0.1, 0.15) is 24.2 Å². The second-order valence-electron chi connectivity index (χ2n) is 6.85. The summed E-state index contributed by atoms with van der Waals surface area (Å²) in [6.07, 6.45) is -1.17. The maximum absolute atomic E-state index is 13.0. The average molecular weight is 392 g/mol. The Morgan fingerprint density at radius 1 is 1.14 bits per heavy atom. The Bertz CT molecular complexity index is 965. The first-order valence-corrected chi connectivity index (χ1v) is 9.01. The zero-order valence-electron chi connectivity index (χ0n) is 15.2. The minimum Gasteiger partial charge on any atom is -0.477 e. The number of halogens is 3. The molecule has 3 aromatic heterocycles. The lowest BCUT2D eigenvalue weighted by Gasteiger charge is -2.32. The predicted molar refractivity (Wildman–Crippen MR) is 95.2 cm³/mol. The number of ether oxygens (including phenoxy) is 1. The minimum atomic E-state index is -4.60. The van der Waals surface area contributed by atoms with Gasteiger partial charge in [0.2, 0.25) is 5.88 Å². The largest absolute Gasteiger partial charge is 0.477 e. The molecular formula is C18H19F3N6O. The van der Waals surface area contributed by atoms with Crippen molar-refractivity contribution in [3.05, 3.63) is 41.9 Å². The molecule has 0 atom stereocenters. The summed E-state index contributed by atoms with van der Waals surface area (Å²) >= 11 is 0. The van der Waals surface area contributed by atoms with Crippen molar-refractivity contribution in [3.63, 3.8) is 0 Å². The highest BCUT2D eigenvalue weighted by molar-refractivity contribution is 5.46. The average Bonchev–Trinajstić information content (AvgIpc) is 3.11. The van der Waals surface area contributed by atoms with E-state index in [1.54, 1.807) is 12.3 Å². The monoisotopic (exact) mass is 392 g/mol. The first-order chi connectivity index (χ1) is 13.4. The van der Waals surface area contributed by atoms with Crippen LogP contribution in [-0.2, 0) is 6.18 Å². The molecule has 1 aliphatic rings. The van der Waals surface area contributed by atoms with Crippen molar-refractivity contribution >= 4 is 11.5 Å². The van der Waals surface area contributed by atoms with Gasteiger partial charge in [-0.3, -0.25) is 0 Å². The van der Waals surface area contributed by atoms with Crippen molar-refractivity contribution in [2.24, 2.45) is 5.92 Å².